The number of hydrogen-bond donors (Lipinski definition) is 2. The molecule has 1 aliphatic carbocycles. The number of aryl methyl sites for hydroxylation is 1. The van der Waals surface area contributed by atoms with Gasteiger partial charge in [-0.1, -0.05) is 24.6 Å². The van der Waals surface area contributed by atoms with Crippen LogP contribution in [0, 0.1) is 12.3 Å². The fraction of sp³-hybridized carbons (Fsp3) is 0.667. The molecule has 17 heavy (non-hydrogen) atoms. The van der Waals surface area contributed by atoms with E-state index in [1.165, 1.54) is 31.7 Å². The number of nitrogens with zero attached hydrogens (tertiary/aromatic N) is 1. The third kappa shape index (κ3) is 3.28. The molecule has 0 bridgehead atoms. The van der Waals surface area contributed by atoms with E-state index in [0.717, 1.165) is 22.4 Å². The molecule has 1 aromatic heterocycles. The summed E-state index contributed by atoms with van der Waals surface area (Å²) in [6.07, 6.45) is 5.11. The van der Waals surface area contributed by atoms with Crippen LogP contribution in [0.15, 0.2) is 16.0 Å². The molecule has 0 radical (unpaired) electrons. The van der Waals surface area contributed by atoms with E-state index in [0.29, 0.717) is 5.41 Å². The number of hydrogen-bond acceptors (Lipinski definition) is 4. The number of aromatic nitrogens is 2. The number of H-pyrrole nitrogens is 1. The maximum Gasteiger partial charge on any atom is 0.251 e. The van der Waals surface area contributed by atoms with E-state index < -0.39 is 0 Å². The van der Waals surface area contributed by atoms with Crippen molar-refractivity contribution in [2.45, 2.75) is 37.8 Å². The predicted octanol–water partition coefficient (Wildman–Crippen LogP) is 2.66. The molecule has 0 aromatic carbocycles. The molecular formula is C12H18N2OS2. The lowest BCUT2D eigenvalue weighted by Crippen LogP contribution is -2.22. The van der Waals surface area contributed by atoms with E-state index >= 15 is 0 Å². The van der Waals surface area contributed by atoms with Gasteiger partial charge in [-0.2, -0.15) is 12.6 Å². The first kappa shape index (κ1) is 13.0. The Morgan fingerprint density at radius 1 is 1.53 bits per heavy atom. The Hall–Kier alpha value is -0.420. The number of nitrogens with one attached hydrogen (secondary N) is 1. The standard InChI is InChI=1S/C12H18N2OS2/c1-9-6-10(15)14-11(13-9)17-8-12(7-16)4-2-3-5-12/h6,16H,2-5,7-8H2,1H3,(H,13,14,15). The highest BCUT2D eigenvalue weighted by Crippen LogP contribution is 2.42. The van der Waals surface area contributed by atoms with Crippen molar-refractivity contribution in [2.75, 3.05) is 11.5 Å². The van der Waals surface area contributed by atoms with Crippen LogP contribution in [0.1, 0.15) is 31.4 Å². The van der Waals surface area contributed by atoms with Crippen LogP contribution in [-0.4, -0.2) is 21.5 Å². The molecule has 3 nitrogen and oxygen atoms in total. The van der Waals surface area contributed by atoms with Crippen LogP contribution in [-0.2, 0) is 0 Å². The summed E-state index contributed by atoms with van der Waals surface area (Å²) in [5.74, 6) is 1.93. The third-order valence-electron chi connectivity index (χ3n) is 3.36. The van der Waals surface area contributed by atoms with Crippen LogP contribution < -0.4 is 5.56 Å². The summed E-state index contributed by atoms with van der Waals surface area (Å²) < 4.78 is 0. The summed E-state index contributed by atoms with van der Waals surface area (Å²) >= 11 is 6.14. The summed E-state index contributed by atoms with van der Waals surface area (Å²) in [7, 11) is 0. The summed E-state index contributed by atoms with van der Waals surface area (Å²) in [6, 6.07) is 1.52. The van der Waals surface area contributed by atoms with E-state index in [9.17, 15) is 4.79 Å². The van der Waals surface area contributed by atoms with Crippen LogP contribution >= 0.6 is 24.4 Å². The van der Waals surface area contributed by atoms with Gasteiger partial charge in [0.2, 0.25) is 0 Å². The van der Waals surface area contributed by atoms with Crippen LogP contribution in [0.3, 0.4) is 0 Å². The molecule has 1 aromatic rings. The first-order valence-corrected chi connectivity index (χ1v) is 7.57. The first-order valence-electron chi connectivity index (χ1n) is 5.95. The van der Waals surface area contributed by atoms with Crippen molar-refractivity contribution in [3.05, 3.63) is 22.1 Å². The van der Waals surface area contributed by atoms with Gasteiger partial charge < -0.3 is 4.98 Å². The normalized spacial score (nSPS) is 18.5. The second kappa shape index (κ2) is 5.48. The fourth-order valence-corrected chi connectivity index (χ4v) is 4.11. The minimum absolute atomic E-state index is 0.0636. The highest BCUT2D eigenvalue weighted by atomic mass is 32.2. The SMILES string of the molecule is Cc1cc(=O)[nH]c(SCC2(CS)CCCC2)n1. The Morgan fingerprint density at radius 3 is 2.82 bits per heavy atom. The second-order valence-corrected chi connectivity index (χ2v) is 6.13. The average molecular weight is 270 g/mol. The van der Waals surface area contributed by atoms with Gasteiger partial charge in [0.15, 0.2) is 5.16 Å². The van der Waals surface area contributed by atoms with E-state index in [2.05, 4.69) is 22.6 Å². The van der Waals surface area contributed by atoms with Crippen molar-refractivity contribution in [1.29, 1.82) is 0 Å². The molecule has 1 fully saturated rings. The lowest BCUT2D eigenvalue weighted by molar-refractivity contribution is 0.403. The maximum atomic E-state index is 11.3. The molecule has 1 N–H and O–H groups in total. The monoisotopic (exact) mass is 270 g/mol. The van der Waals surface area contributed by atoms with Gasteiger partial charge in [-0.15, -0.1) is 0 Å². The molecule has 1 saturated carbocycles. The topological polar surface area (TPSA) is 45.8 Å². The van der Waals surface area contributed by atoms with Crippen molar-refractivity contribution in [3.63, 3.8) is 0 Å². The molecule has 0 amide bonds. The van der Waals surface area contributed by atoms with Crippen LogP contribution in [0.25, 0.3) is 0 Å². The van der Waals surface area contributed by atoms with E-state index in [-0.39, 0.29) is 5.56 Å². The highest BCUT2D eigenvalue weighted by Gasteiger charge is 2.32. The summed E-state index contributed by atoms with van der Waals surface area (Å²) in [5.41, 5.74) is 1.06. The second-order valence-electron chi connectivity index (χ2n) is 4.85. The summed E-state index contributed by atoms with van der Waals surface area (Å²) in [5, 5.41) is 0.739. The molecule has 0 aliphatic heterocycles. The molecule has 1 heterocycles. The van der Waals surface area contributed by atoms with Gasteiger partial charge in [0, 0.05) is 17.5 Å². The van der Waals surface area contributed by atoms with Crippen LogP contribution in [0.2, 0.25) is 0 Å². The maximum absolute atomic E-state index is 11.3. The Morgan fingerprint density at radius 2 is 2.24 bits per heavy atom. The van der Waals surface area contributed by atoms with Crippen molar-refractivity contribution >= 4 is 24.4 Å². The average Bonchev–Trinajstić information content (AvgIpc) is 2.74. The zero-order valence-electron chi connectivity index (χ0n) is 10.0. The largest absolute Gasteiger partial charge is 0.301 e. The van der Waals surface area contributed by atoms with Gasteiger partial charge >= 0.3 is 0 Å². The van der Waals surface area contributed by atoms with Crippen molar-refractivity contribution in [1.82, 2.24) is 9.97 Å². The summed E-state index contributed by atoms with van der Waals surface area (Å²) in [6.45, 7) is 1.85. The number of thiol groups is 1. The summed E-state index contributed by atoms with van der Waals surface area (Å²) in [4.78, 5) is 18.5. The Labute approximate surface area is 111 Å². The van der Waals surface area contributed by atoms with E-state index in [4.69, 9.17) is 0 Å². The Bertz CT molecular complexity index is 438. The lowest BCUT2D eigenvalue weighted by atomic mass is 9.91. The van der Waals surface area contributed by atoms with Crippen molar-refractivity contribution in [2.24, 2.45) is 5.41 Å². The Kier molecular flexibility index (Phi) is 4.20. The molecule has 2 rings (SSSR count). The zero-order chi connectivity index (χ0) is 12.3. The molecule has 94 valence electrons. The molecule has 1 aliphatic rings. The molecular weight excluding hydrogens is 252 g/mol. The minimum Gasteiger partial charge on any atom is -0.301 e. The molecule has 0 spiro atoms. The van der Waals surface area contributed by atoms with E-state index in [1.807, 2.05) is 6.92 Å². The zero-order valence-corrected chi connectivity index (χ0v) is 11.7. The predicted molar refractivity (Wildman–Crippen MR) is 75.1 cm³/mol. The molecule has 0 saturated heterocycles. The van der Waals surface area contributed by atoms with Crippen LogP contribution in [0.5, 0.6) is 0 Å². The van der Waals surface area contributed by atoms with Crippen molar-refractivity contribution < 1.29 is 0 Å². The Balaban J connectivity index is 2.03. The van der Waals surface area contributed by atoms with Gasteiger partial charge in [0.1, 0.15) is 0 Å². The van der Waals surface area contributed by atoms with Gasteiger partial charge in [-0.25, -0.2) is 4.98 Å². The fourth-order valence-electron chi connectivity index (χ4n) is 2.31. The number of aromatic amines is 1. The first-order chi connectivity index (χ1) is 8.13. The minimum atomic E-state index is -0.0636. The number of rotatable bonds is 4. The molecule has 0 atom stereocenters. The van der Waals surface area contributed by atoms with Gasteiger partial charge in [0.05, 0.1) is 0 Å². The molecule has 0 unspecified atom stereocenters. The van der Waals surface area contributed by atoms with Gasteiger partial charge in [-0.05, 0) is 30.9 Å². The highest BCUT2D eigenvalue weighted by molar-refractivity contribution is 7.99. The van der Waals surface area contributed by atoms with Crippen molar-refractivity contribution in [3.8, 4) is 0 Å². The quantitative estimate of drug-likeness (QED) is 0.502. The lowest BCUT2D eigenvalue weighted by Gasteiger charge is -2.25. The molecule has 5 heteroatoms. The van der Waals surface area contributed by atoms with Crippen LogP contribution in [0.4, 0.5) is 0 Å². The van der Waals surface area contributed by atoms with E-state index in [1.54, 1.807) is 11.8 Å². The number of thioether (sulfide) groups is 1. The third-order valence-corrected chi connectivity index (χ3v) is 5.26. The van der Waals surface area contributed by atoms with Gasteiger partial charge in [-0.3, -0.25) is 4.79 Å². The smallest absolute Gasteiger partial charge is 0.251 e. The van der Waals surface area contributed by atoms with Gasteiger partial charge in [0.25, 0.3) is 5.56 Å².